The lowest BCUT2D eigenvalue weighted by molar-refractivity contribution is -0.385. The van der Waals surface area contributed by atoms with Gasteiger partial charge in [0.1, 0.15) is 5.78 Å². The van der Waals surface area contributed by atoms with E-state index in [0.717, 1.165) is 4.47 Å². The first-order valence-corrected chi connectivity index (χ1v) is 5.28. The Hall–Kier alpha value is -1.23. The summed E-state index contributed by atoms with van der Waals surface area (Å²) in [5.74, 6) is -0.00352. The van der Waals surface area contributed by atoms with Crippen molar-refractivity contribution in [2.45, 2.75) is 19.8 Å². The second-order valence-electron chi connectivity index (χ2n) is 3.10. The number of nitrogens with zero attached hydrogens (tertiary/aromatic N) is 1. The van der Waals surface area contributed by atoms with Crippen molar-refractivity contribution in [2.75, 3.05) is 0 Å². The van der Waals surface area contributed by atoms with Gasteiger partial charge in [0.15, 0.2) is 0 Å². The van der Waals surface area contributed by atoms with Gasteiger partial charge in [-0.2, -0.15) is 0 Å². The van der Waals surface area contributed by atoms with Crippen LogP contribution in [0.2, 0.25) is 0 Å². The molecule has 1 aromatic rings. The van der Waals surface area contributed by atoms with E-state index < -0.39 is 4.92 Å². The van der Waals surface area contributed by atoms with Crippen molar-refractivity contribution in [1.29, 1.82) is 0 Å². The van der Waals surface area contributed by atoms with Crippen LogP contribution < -0.4 is 0 Å². The molecular weight excluding hydrogens is 262 g/mol. The SMILES string of the molecule is CCC(=O)Cc1cc(Br)ccc1[N+](=O)[O-]. The Morgan fingerprint density at radius 3 is 2.73 bits per heavy atom. The van der Waals surface area contributed by atoms with Crippen molar-refractivity contribution in [1.82, 2.24) is 0 Å². The van der Waals surface area contributed by atoms with E-state index in [1.54, 1.807) is 19.1 Å². The highest BCUT2D eigenvalue weighted by atomic mass is 79.9. The number of carbonyl (C=O) groups excluding carboxylic acids is 1. The third-order valence-electron chi connectivity index (χ3n) is 2.02. The molecule has 1 aromatic carbocycles. The third kappa shape index (κ3) is 3.13. The van der Waals surface area contributed by atoms with Gasteiger partial charge in [0.2, 0.25) is 0 Å². The number of halogens is 1. The summed E-state index contributed by atoms with van der Waals surface area (Å²) in [5, 5.41) is 10.7. The molecule has 0 aromatic heterocycles. The number of hydrogen-bond acceptors (Lipinski definition) is 3. The fourth-order valence-electron chi connectivity index (χ4n) is 1.21. The van der Waals surface area contributed by atoms with Crippen LogP contribution in [0.4, 0.5) is 5.69 Å². The smallest absolute Gasteiger partial charge is 0.273 e. The van der Waals surface area contributed by atoms with Gasteiger partial charge in [0, 0.05) is 28.9 Å². The van der Waals surface area contributed by atoms with Gasteiger partial charge in [-0.05, 0) is 12.1 Å². The minimum atomic E-state index is -0.468. The van der Waals surface area contributed by atoms with E-state index in [-0.39, 0.29) is 17.9 Å². The Balaban J connectivity index is 3.07. The van der Waals surface area contributed by atoms with Crippen LogP contribution in [0.1, 0.15) is 18.9 Å². The molecule has 15 heavy (non-hydrogen) atoms. The maximum atomic E-state index is 11.2. The van der Waals surface area contributed by atoms with Crippen LogP contribution in [-0.4, -0.2) is 10.7 Å². The molecule has 80 valence electrons. The van der Waals surface area contributed by atoms with Crippen LogP contribution in [0.3, 0.4) is 0 Å². The highest BCUT2D eigenvalue weighted by Gasteiger charge is 2.15. The zero-order valence-electron chi connectivity index (χ0n) is 8.20. The molecule has 0 unspecified atom stereocenters. The van der Waals surface area contributed by atoms with Gasteiger partial charge in [0.25, 0.3) is 5.69 Å². The number of nitro groups is 1. The van der Waals surface area contributed by atoms with Crippen molar-refractivity contribution < 1.29 is 9.72 Å². The molecule has 0 N–H and O–H groups in total. The van der Waals surface area contributed by atoms with Crippen LogP contribution in [0.5, 0.6) is 0 Å². The normalized spacial score (nSPS) is 10.0. The fraction of sp³-hybridized carbons (Fsp3) is 0.300. The van der Waals surface area contributed by atoms with Crippen LogP contribution in [0.25, 0.3) is 0 Å². The molecule has 0 saturated heterocycles. The van der Waals surface area contributed by atoms with Crippen molar-refractivity contribution in [2.24, 2.45) is 0 Å². The summed E-state index contributed by atoms with van der Waals surface area (Å²) < 4.78 is 0.743. The van der Waals surface area contributed by atoms with Crippen LogP contribution in [0, 0.1) is 10.1 Å². The van der Waals surface area contributed by atoms with E-state index in [1.165, 1.54) is 6.07 Å². The highest BCUT2D eigenvalue weighted by Crippen LogP contribution is 2.23. The summed E-state index contributed by atoms with van der Waals surface area (Å²) in [5.41, 5.74) is 0.459. The Labute approximate surface area is 95.6 Å². The monoisotopic (exact) mass is 271 g/mol. The number of carbonyl (C=O) groups is 1. The third-order valence-corrected chi connectivity index (χ3v) is 2.51. The van der Waals surface area contributed by atoms with Gasteiger partial charge < -0.3 is 0 Å². The quantitative estimate of drug-likeness (QED) is 0.625. The number of rotatable bonds is 4. The topological polar surface area (TPSA) is 60.2 Å². The van der Waals surface area contributed by atoms with E-state index in [0.29, 0.717) is 12.0 Å². The standard InChI is InChI=1S/C10H10BrNO3/c1-2-9(13)6-7-5-8(11)3-4-10(7)12(14)15/h3-5H,2,6H2,1H3. The molecule has 0 atom stereocenters. The van der Waals surface area contributed by atoms with Gasteiger partial charge >= 0.3 is 0 Å². The van der Waals surface area contributed by atoms with Crippen molar-refractivity contribution >= 4 is 27.4 Å². The number of hydrogen-bond donors (Lipinski definition) is 0. The molecule has 0 spiro atoms. The second-order valence-corrected chi connectivity index (χ2v) is 4.01. The van der Waals surface area contributed by atoms with Gasteiger partial charge in [-0.3, -0.25) is 14.9 Å². The molecule has 5 heteroatoms. The molecule has 0 amide bonds. The van der Waals surface area contributed by atoms with E-state index in [4.69, 9.17) is 0 Å². The molecule has 0 saturated carbocycles. The lowest BCUT2D eigenvalue weighted by atomic mass is 10.1. The van der Waals surface area contributed by atoms with E-state index in [1.807, 2.05) is 0 Å². The summed E-state index contributed by atoms with van der Waals surface area (Å²) in [6, 6.07) is 4.62. The molecule has 0 aliphatic heterocycles. The fourth-order valence-corrected chi connectivity index (χ4v) is 1.62. The van der Waals surface area contributed by atoms with Crippen molar-refractivity contribution in [3.05, 3.63) is 38.3 Å². The molecule has 0 fully saturated rings. The summed E-state index contributed by atoms with van der Waals surface area (Å²) in [6.07, 6.45) is 0.510. The molecule has 1 rings (SSSR count). The maximum absolute atomic E-state index is 11.2. The summed E-state index contributed by atoms with van der Waals surface area (Å²) in [4.78, 5) is 21.4. The Morgan fingerprint density at radius 2 is 2.20 bits per heavy atom. The van der Waals surface area contributed by atoms with Crippen molar-refractivity contribution in [3.63, 3.8) is 0 Å². The minimum absolute atomic E-state index is 0.000000000000000222. The van der Waals surface area contributed by atoms with E-state index in [2.05, 4.69) is 15.9 Å². The minimum Gasteiger partial charge on any atom is -0.299 e. The number of nitro benzene ring substituents is 1. The summed E-state index contributed by atoms with van der Waals surface area (Å²) in [7, 11) is 0. The summed E-state index contributed by atoms with van der Waals surface area (Å²) in [6.45, 7) is 1.74. The maximum Gasteiger partial charge on any atom is 0.273 e. The van der Waals surface area contributed by atoms with Crippen LogP contribution in [-0.2, 0) is 11.2 Å². The number of ketones is 1. The average Bonchev–Trinajstić information content (AvgIpc) is 2.17. The Morgan fingerprint density at radius 1 is 1.53 bits per heavy atom. The Bertz CT molecular complexity index is 404. The lowest BCUT2D eigenvalue weighted by Gasteiger charge is -2.01. The molecule has 0 bridgehead atoms. The number of benzene rings is 1. The summed E-state index contributed by atoms with van der Waals surface area (Å²) >= 11 is 3.22. The first-order chi connectivity index (χ1) is 7.04. The molecular formula is C10H10BrNO3. The van der Waals surface area contributed by atoms with Gasteiger partial charge in [-0.1, -0.05) is 22.9 Å². The molecule has 0 radical (unpaired) electrons. The first kappa shape index (κ1) is 11.8. The van der Waals surface area contributed by atoms with Gasteiger partial charge in [-0.25, -0.2) is 0 Å². The number of Topliss-reactive ketones (excluding diaryl/α,β-unsaturated/α-hetero) is 1. The van der Waals surface area contributed by atoms with E-state index >= 15 is 0 Å². The van der Waals surface area contributed by atoms with Gasteiger partial charge in [-0.15, -0.1) is 0 Å². The largest absolute Gasteiger partial charge is 0.299 e. The zero-order chi connectivity index (χ0) is 11.4. The van der Waals surface area contributed by atoms with Crippen LogP contribution in [0.15, 0.2) is 22.7 Å². The highest BCUT2D eigenvalue weighted by molar-refractivity contribution is 9.10. The molecule has 4 nitrogen and oxygen atoms in total. The van der Waals surface area contributed by atoms with E-state index in [9.17, 15) is 14.9 Å². The average molecular weight is 272 g/mol. The second kappa shape index (κ2) is 5.02. The Kier molecular flexibility index (Phi) is 3.96. The molecule has 0 aliphatic carbocycles. The van der Waals surface area contributed by atoms with Crippen LogP contribution >= 0.6 is 15.9 Å². The molecule has 0 aliphatic rings. The van der Waals surface area contributed by atoms with Crippen molar-refractivity contribution in [3.8, 4) is 0 Å². The predicted octanol–water partition coefficient (Wildman–Crippen LogP) is 2.88. The van der Waals surface area contributed by atoms with Gasteiger partial charge in [0.05, 0.1) is 4.92 Å². The lowest BCUT2D eigenvalue weighted by Crippen LogP contribution is -2.03. The molecule has 0 heterocycles. The first-order valence-electron chi connectivity index (χ1n) is 4.49. The predicted molar refractivity (Wildman–Crippen MR) is 59.8 cm³/mol. The zero-order valence-corrected chi connectivity index (χ0v) is 9.78.